The van der Waals surface area contributed by atoms with Crippen LogP contribution in [0.1, 0.15) is 11.1 Å². The number of rotatable bonds is 3. The minimum atomic E-state index is -0.317. The van der Waals surface area contributed by atoms with Crippen LogP contribution in [0.2, 0.25) is 0 Å². The Morgan fingerprint density at radius 2 is 2.00 bits per heavy atom. The van der Waals surface area contributed by atoms with E-state index in [2.05, 4.69) is 31.2 Å². The Morgan fingerprint density at radius 3 is 2.70 bits per heavy atom. The molecular weight excluding hydrogens is 379 g/mol. The van der Waals surface area contributed by atoms with Crippen LogP contribution in [0.3, 0.4) is 0 Å². The minimum Gasteiger partial charge on any atom is -0.250 e. The van der Waals surface area contributed by atoms with Gasteiger partial charge in [-0.1, -0.05) is 35.9 Å². The maximum absolute atomic E-state index is 13.3. The zero-order valence-electron chi connectivity index (χ0n) is 12.1. The van der Waals surface area contributed by atoms with E-state index in [0.717, 1.165) is 16.7 Å². The Hall–Kier alpha value is -2.12. The molecule has 0 aliphatic rings. The molecule has 23 heavy (non-hydrogen) atoms. The van der Waals surface area contributed by atoms with E-state index in [1.165, 1.54) is 10.7 Å². The van der Waals surface area contributed by atoms with Crippen LogP contribution in [0.4, 0.5) is 4.39 Å². The van der Waals surface area contributed by atoms with Crippen LogP contribution in [0.15, 0.2) is 52.0 Å². The summed E-state index contributed by atoms with van der Waals surface area (Å²) in [5, 5.41) is 11.3. The number of hydrogen-bond acceptors (Lipinski definition) is 3. The quantitative estimate of drug-likeness (QED) is 0.520. The fourth-order valence-electron chi connectivity index (χ4n) is 2.01. The second kappa shape index (κ2) is 6.55. The zero-order valence-corrected chi connectivity index (χ0v) is 14.5. The average Bonchev–Trinajstić information content (AvgIpc) is 2.90. The van der Waals surface area contributed by atoms with E-state index in [1.54, 1.807) is 18.3 Å². The van der Waals surface area contributed by atoms with E-state index < -0.39 is 0 Å². The highest BCUT2D eigenvalue weighted by atomic mass is 79.9. The molecule has 0 amide bonds. The van der Waals surface area contributed by atoms with Crippen molar-refractivity contribution in [2.45, 2.75) is 6.92 Å². The first-order valence-corrected chi connectivity index (χ1v) is 7.98. The summed E-state index contributed by atoms with van der Waals surface area (Å²) < 4.78 is 15.6. The zero-order chi connectivity index (χ0) is 16.4. The second-order valence-electron chi connectivity index (χ2n) is 4.95. The van der Waals surface area contributed by atoms with Gasteiger partial charge in [0.05, 0.1) is 10.7 Å². The fourth-order valence-corrected chi connectivity index (χ4v) is 2.58. The van der Waals surface area contributed by atoms with E-state index in [9.17, 15) is 4.39 Å². The molecule has 4 nitrogen and oxygen atoms in total. The second-order valence-corrected chi connectivity index (χ2v) is 6.19. The summed E-state index contributed by atoms with van der Waals surface area (Å²) >= 11 is 8.38. The summed E-state index contributed by atoms with van der Waals surface area (Å²) in [5.41, 5.74) is 2.81. The Morgan fingerprint density at radius 1 is 1.26 bits per heavy atom. The van der Waals surface area contributed by atoms with Crippen molar-refractivity contribution in [2.75, 3.05) is 0 Å². The third kappa shape index (κ3) is 3.46. The molecule has 0 aliphatic carbocycles. The van der Waals surface area contributed by atoms with Crippen molar-refractivity contribution in [2.24, 2.45) is 5.10 Å². The predicted molar refractivity (Wildman–Crippen MR) is 94.7 cm³/mol. The third-order valence-electron chi connectivity index (χ3n) is 3.23. The van der Waals surface area contributed by atoms with Gasteiger partial charge >= 0.3 is 0 Å². The molecule has 0 aliphatic heterocycles. The molecule has 3 rings (SSSR count). The molecule has 1 heterocycles. The summed E-state index contributed by atoms with van der Waals surface area (Å²) in [7, 11) is 0. The van der Waals surface area contributed by atoms with Crippen LogP contribution >= 0.6 is 28.1 Å². The topological polar surface area (TPSA) is 46.0 Å². The maximum Gasteiger partial charge on any atom is 0.216 e. The van der Waals surface area contributed by atoms with Gasteiger partial charge in [0.1, 0.15) is 5.82 Å². The lowest BCUT2D eigenvalue weighted by Crippen LogP contribution is -1.95. The SMILES string of the molecule is Cc1ccc(-c2n[nH]c(=S)n2/N=C\c2ccc(F)c(Br)c2)cc1. The highest BCUT2D eigenvalue weighted by molar-refractivity contribution is 9.10. The Labute approximate surface area is 145 Å². The lowest BCUT2D eigenvalue weighted by Gasteiger charge is -2.02. The molecule has 0 saturated carbocycles. The summed E-state index contributed by atoms with van der Waals surface area (Å²) in [4.78, 5) is 0. The van der Waals surface area contributed by atoms with E-state index in [1.807, 2.05) is 31.2 Å². The smallest absolute Gasteiger partial charge is 0.216 e. The molecule has 1 N–H and O–H groups in total. The standard InChI is InChI=1S/C16H12BrFN4S/c1-10-2-5-12(6-3-10)15-20-21-16(23)22(15)19-9-11-4-7-14(18)13(17)8-11/h2-9H,1H3,(H,21,23)/b19-9-. The molecule has 3 aromatic rings. The fraction of sp³-hybridized carbons (Fsp3) is 0.0625. The van der Waals surface area contributed by atoms with Crippen LogP contribution < -0.4 is 0 Å². The summed E-state index contributed by atoms with van der Waals surface area (Å²) in [6.45, 7) is 2.02. The Bertz CT molecular complexity index is 928. The van der Waals surface area contributed by atoms with Gasteiger partial charge in [-0.25, -0.2) is 9.49 Å². The van der Waals surface area contributed by atoms with Crippen molar-refractivity contribution in [1.82, 2.24) is 14.9 Å². The lowest BCUT2D eigenvalue weighted by molar-refractivity contribution is 0.621. The molecule has 0 unspecified atom stereocenters. The molecule has 7 heteroatoms. The van der Waals surface area contributed by atoms with Gasteiger partial charge in [-0.3, -0.25) is 0 Å². The van der Waals surface area contributed by atoms with Crippen LogP contribution in [0.5, 0.6) is 0 Å². The van der Waals surface area contributed by atoms with Crippen molar-refractivity contribution < 1.29 is 4.39 Å². The number of aromatic amines is 1. The molecule has 116 valence electrons. The normalized spacial score (nSPS) is 11.3. The van der Waals surface area contributed by atoms with Crippen molar-refractivity contribution in [3.63, 3.8) is 0 Å². The molecule has 2 aromatic carbocycles. The Kier molecular flexibility index (Phi) is 4.49. The number of H-pyrrole nitrogens is 1. The van der Waals surface area contributed by atoms with Crippen LogP contribution in [0, 0.1) is 17.5 Å². The highest BCUT2D eigenvalue weighted by Crippen LogP contribution is 2.19. The number of hydrogen-bond donors (Lipinski definition) is 1. The first-order chi connectivity index (χ1) is 11.0. The number of aromatic nitrogens is 3. The van der Waals surface area contributed by atoms with E-state index in [0.29, 0.717) is 15.1 Å². The number of benzene rings is 2. The molecule has 0 fully saturated rings. The largest absolute Gasteiger partial charge is 0.250 e. The average molecular weight is 391 g/mol. The summed E-state index contributed by atoms with van der Waals surface area (Å²) in [6, 6.07) is 12.6. The maximum atomic E-state index is 13.3. The van der Waals surface area contributed by atoms with Crippen molar-refractivity contribution in [1.29, 1.82) is 0 Å². The van der Waals surface area contributed by atoms with Gasteiger partial charge in [-0.15, -0.1) is 0 Å². The van der Waals surface area contributed by atoms with Crippen molar-refractivity contribution >= 4 is 34.4 Å². The van der Waals surface area contributed by atoms with Gasteiger partial charge in [-0.2, -0.15) is 14.9 Å². The molecule has 0 saturated heterocycles. The van der Waals surface area contributed by atoms with E-state index in [4.69, 9.17) is 12.2 Å². The first kappa shape index (κ1) is 15.8. The van der Waals surface area contributed by atoms with Crippen molar-refractivity contribution in [3.05, 3.63) is 68.7 Å². The van der Waals surface area contributed by atoms with Crippen LogP contribution in [0.25, 0.3) is 11.4 Å². The monoisotopic (exact) mass is 390 g/mol. The van der Waals surface area contributed by atoms with Crippen molar-refractivity contribution in [3.8, 4) is 11.4 Å². The minimum absolute atomic E-state index is 0.317. The lowest BCUT2D eigenvalue weighted by atomic mass is 10.1. The van der Waals surface area contributed by atoms with Crippen LogP contribution in [-0.2, 0) is 0 Å². The van der Waals surface area contributed by atoms with Gasteiger partial charge in [0.2, 0.25) is 4.77 Å². The molecular formula is C16H12BrFN4S. The predicted octanol–water partition coefficient (Wildman–Crippen LogP) is 4.70. The number of halogens is 2. The molecule has 1 aromatic heterocycles. The van der Waals surface area contributed by atoms with Gasteiger partial charge in [0.25, 0.3) is 0 Å². The molecule has 0 bridgehead atoms. The van der Waals surface area contributed by atoms with Gasteiger partial charge in [0, 0.05) is 5.56 Å². The summed E-state index contributed by atoms with van der Waals surface area (Å²) in [6.07, 6.45) is 1.60. The molecule has 0 spiro atoms. The highest BCUT2D eigenvalue weighted by Gasteiger charge is 2.07. The number of aryl methyl sites for hydroxylation is 1. The third-order valence-corrected chi connectivity index (χ3v) is 4.10. The summed E-state index contributed by atoms with van der Waals surface area (Å²) in [5.74, 6) is 0.301. The number of nitrogens with zero attached hydrogens (tertiary/aromatic N) is 3. The number of nitrogens with one attached hydrogen (secondary N) is 1. The molecule has 0 radical (unpaired) electrons. The molecule has 0 atom stereocenters. The van der Waals surface area contributed by atoms with Crippen LogP contribution in [-0.4, -0.2) is 21.1 Å². The Balaban J connectivity index is 1.98. The first-order valence-electron chi connectivity index (χ1n) is 6.78. The van der Waals surface area contributed by atoms with Gasteiger partial charge < -0.3 is 0 Å². The van der Waals surface area contributed by atoms with Gasteiger partial charge in [-0.05, 0) is 52.8 Å². The van der Waals surface area contributed by atoms with Gasteiger partial charge in [0.15, 0.2) is 5.82 Å². The van der Waals surface area contributed by atoms with E-state index >= 15 is 0 Å². The van der Waals surface area contributed by atoms with E-state index in [-0.39, 0.29) is 5.82 Å².